The highest BCUT2D eigenvalue weighted by Gasteiger charge is 2.12. The van der Waals surface area contributed by atoms with Gasteiger partial charge in [0.15, 0.2) is 0 Å². The molecule has 0 aliphatic rings. The third-order valence-electron chi connectivity index (χ3n) is 3.01. The Hall–Kier alpha value is -2.30. The standard InChI is InChI=1S/C12H13N5/c1-16-7-14-10-5-3-4-8(11(10)16)9-6-15-17(2)12(9)13/h3-7H,13H2,1-2H3. The SMILES string of the molecule is Cn1ncc(-c2cccc3ncn(C)c23)c1N. The number of hydrogen-bond donors (Lipinski definition) is 1. The number of para-hydroxylation sites is 1. The van der Waals surface area contributed by atoms with Crippen molar-refractivity contribution in [1.29, 1.82) is 0 Å². The molecule has 3 aromatic rings. The molecule has 0 aliphatic carbocycles. The molecule has 0 aliphatic heterocycles. The van der Waals surface area contributed by atoms with E-state index in [-0.39, 0.29) is 0 Å². The Bertz CT molecular complexity index is 692. The van der Waals surface area contributed by atoms with Crippen molar-refractivity contribution in [3.63, 3.8) is 0 Å². The van der Waals surface area contributed by atoms with E-state index in [1.165, 1.54) is 0 Å². The van der Waals surface area contributed by atoms with E-state index in [0.717, 1.165) is 22.2 Å². The van der Waals surface area contributed by atoms with Crippen molar-refractivity contribution in [1.82, 2.24) is 19.3 Å². The average Bonchev–Trinajstić information content (AvgIpc) is 2.86. The Kier molecular flexibility index (Phi) is 1.95. The van der Waals surface area contributed by atoms with Crippen molar-refractivity contribution in [2.24, 2.45) is 14.1 Å². The Morgan fingerprint density at radius 2 is 2.00 bits per heavy atom. The number of nitrogens with two attached hydrogens (primary N) is 1. The maximum Gasteiger partial charge on any atom is 0.129 e. The number of aromatic nitrogens is 4. The lowest BCUT2D eigenvalue weighted by Gasteiger charge is -2.04. The molecule has 3 rings (SSSR count). The van der Waals surface area contributed by atoms with Crippen LogP contribution < -0.4 is 5.73 Å². The fraction of sp³-hybridized carbons (Fsp3) is 0.167. The average molecular weight is 227 g/mol. The summed E-state index contributed by atoms with van der Waals surface area (Å²) in [5, 5.41) is 4.18. The molecule has 0 fully saturated rings. The molecule has 17 heavy (non-hydrogen) atoms. The second-order valence-electron chi connectivity index (χ2n) is 4.10. The molecule has 2 aromatic heterocycles. The number of rotatable bonds is 1. The van der Waals surface area contributed by atoms with Gasteiger partial charge in [-0.05, 0) is 6.07 Å². The Morgan fingerprint density at radius 3 is 2.71 bits per heavy atom. The maximum atomic E-state index is 6.02. The lowest BCUT2D eigenvalue weighted by Crippen LogP contribution is -1.98. The number of anilines is 1. The van der Waals surface area contributed by atoms with Gasteiger partial charge < -0.3 is 10.3 Å². The zero-order chi connectivity index (χ0) is 12.0. The van der Waals surface area contributed by atoms with Crippen LogP contribution >= 0.6 is 0 Å². The van der Waals surface area contributed by atoms with Crippen LogP contribution in [0, 0.1) is 0 Å². The molecule has 0 spiro atoms. The van der Waals surface area contributed by atoms with Gasteiger partial charge in [-0.1, -0.05) is 12.1 Å². The number of hydrogen-bond acceptors (Lipinski definition) is 3. The van der Waals surface area contributed by atoms with E-state index in [2.05, 4.69) is 10.1 Å². The number of aryl methyl sites for hydroxylation is 2. The summed E-state index contributed by atoms with van der Waals surface area (Å²) in [6, 6.07) is 6.01. The van der Waals surface area contributed by atoms with Gasteiger partial charge in [0.2, 0.25) is 0 Å². The molecular weight excluding hydrogens is 214 g/mol. The molecule has 0 amide bonds. The minimum absolute atomic E-state index is 0.665. The monoisotopic (exact) mass is 227 g/mol. The first-order chi connectivity index (χ1) is 8.18. The van der Waals surface area contributed by atoms with E-state index < -0.39 is 0 Å². The van der Waals surface area contributed by atoms with Crippen molar-refractivity contribution in [3.8, 4) is 11.1 Å². The summed E-state index contributed by atoms with van der Waals surface area (Å²) in [5.41, 5.74) is 10.1. The first-order valence-corrected chi connectivity index (χ1v) is 5.36. The smallest absolute Gasteiger partial charge is 0.129 e. The summed E-state index contributed by atoms with van der Waals surface area (Å²) >= 11 is 0. The van der Waals surface area contributed by atoms with E-state index >= 15 is 0 Å². The highest BCUT2D eigenvalue weighted by atomic mass is 15.3. The summed E-state index contributed by atoms with van der Waals surface area (Å²) < 4.78 is 3.67. The largest absolute Gasteiger partial charge is 0.383 e. The highest BCUT2D eigenvalue weighted by molar-refractivity contribution is 5.94. The van der Waals surface area contributed by atoms with E-state index in [1.807, 2.05) is 36.9 Å². The molecule has 2 N–H and O–H groups in total. The fourth-order valence-electron chi connectivity index (χ4n) is 2.08. The van der Waals surface area contributed by atoms with E-state index in [9.17, 15) is 0 Å². The van der Waals surface area contributed by atoms with Crippen LogP contribution in [0.15, 0.2) is 30.7 Å². The van der Waals surface area contributed by atoms with Gasteiger partial charge in [0.25, 0.3) is 0 Å². The molecular formula is C12H13N5. The van der Waals surface area contributed by atoms with Gasteiger partial charge in [-0.15, -0.1) is 0 Å². The first-order valence-electron chi connectivity index (χ1n) is 5.36. The number of nitrogens with zero attached hydrogens (tertiary/aromatic N) is 4. The number of fused-ring (bicyclic) bond motifs is 1. The summed E-state index contributed by atoms with van der Waals surface area (Å²) in [6.45, 7) is 0. The topological polar surface area (TPSA) is 61.7 Å². The van der Waals surface area contributed by atoms with Crippen molar-refractivity contribution >= 4 is 16.9 Å². The van der Waals surface area contributed by atoms with Crippen LogP contribution in [0.1, 0.15) is 0 Å². The lowest BCUT2D eigenvalue weighted by atomic mass is 10.1. The molecule has 0 saturated heterocycles. The van der Waals surface area contributed by atoms with Crippen molar-refractivity contribution in [2.75, 3.05) is 5.73 Å². The van der Waals surface area contributed by atoms with Gasteiger partial charge in [0.1, 0.15) is 5.82 Å². The van der Waals surface area contributed by atoms with Crippen LogP contribution in [0.2, 0.25) is 0 Å². The van der Waals surface area contributed by atoms with E-state index in [4.69, 9.17) is 5.73 Å². The Morgan fingerprint density at radius 1 is 1.18 bits per heavy atom. The third-order valence-corrected chi connectivity index (χ3v) is 3.01. The first kappa shape index (κ1) is 9.89. The molecule has 0 unspecified atom stereocenters. The second kappa shape index (κ2) is 3.35. The molecule has 0 saturated carbocycles. The Balaban J connectivity index is 2.37. The summed E-state index contributed by atoms with van der Waals surface area (Å²) in [4.78, 5) is 4.34. The number of nitrogen functional groups attached to an aromatic ring is 1. The minimum atomic E-state index is 0.665. The number of benzene rings is 1. The molecule has 0 radical (unpaired) electrons. The lowest BCUT2D eigenvalue weighted by molar-refractivity contribution is 0.779. The van der Waals surface area contributed by atoms with Crippen LogP contribution in [0.5, 0.6) is 0 Å². The predicted octanol–water partition coefficient (Wildman–Crippen LogP) is 1.56. The Labute approximate surface area is 98.5 Å². The molecule has 0 bridgehead atoms. The molecule has 5 nitrogen and oxygen atoms in total. The molecule has 0 atom stereocenters. The van der Waals surface area contributed by atoms with Gasteiger partial charge in [0, 0.05) is 25.2 Å². The highest BCUT2D eigenvalue weighted by Crippen LogP contribution is 2.31. The normalized spacial score (nSPS) is 11.2. The number of imidazole rings is 1. The van der Waals surface area contributed by atoms with Gasteiger partial charge in [0.05, 0.1) is 23.6 Å². The molecule has 5 heteroatoms. The van der Waals surface area contributed by atoms with Crippen LogP contribution in [-0.4, -0.2) is 19.3 Å². The van der Waals surface area contributed by atoms with Gasteiger partial charge in [-0.2, -0.15) is 5.10 Å². The zero-order valence-electron chi connectivity index (χ0n) is 9.75. The van der Waals surface area contributed by atoms with Crippen molar-refractivity contribution in [2.45, 2.75) is 0 Å². The summed E-state index contributed by atoms with van der Waals surface area (Å²) in [5.74, 6) is 0.665. The quantitative estimate of drug-likeness (QED) is 0.686. The van der Waals surface area contributed by atoms with Gasteiger partial charge >= 0.3 is 0 Å². The van der Waals surface area contributed by atoms with E-state index in [0.29, 0.717) is 5.82 Å². The van der Waals surface area contributed by atoms with Crippen molar-refractivity contribution < 1.29 is 0 Å². The van der Waals surface area contributed by atoms with Crippen LogP contribution in [0.4, 0.5) is 5.82 Å². The molecule has 86 valence electrons. The third kappa shape index (κ3) is 1.32. The predicted molar refractivity (Wildman–Crippen MR) is 67.3 cm³/mol. The maximum absolute atomic E-state index is 6.02. The summed E-state index contributed by atoms with van der Waals surface area (Å²) in [6.07, 6.45) is 3.60. The van der Waals surface area contributed by atoms with Gasteiger partial charge in [-0.3, -0.25) is 4.68 Å². The minimum Gasteiger partial charge on any atom is -0.383 e. The van der Waals surface area contributed by atoms with Crippen LogP contribution in [0.3, 0.4) is 0 Å². The van der Waals surface area contributed by atoms with Crippen LogP contribution in [-0.2, 0) is 14.1 Å². The van der Waals surface area contributed by atoms with Crippen LogP contribution in [0.25, 0.3) is 22.2 Å². The second-order valence-corrected chi connectivity index (χ2v) is 4.10. The van der Waals surface area contributed by atoms with Gasteiger partial charge in [-0.25, -0.2) is 4.98 Å². The molecule has 2 heterocycles. The zero-order valence-corrected chi connectivity index (χ0v) is 9.75. The molecule has 1 aromatic carbocycles. The summed E-state index contributed by atoms with van der Waals surface area (Å²) in [7, 11) is 3.81. The van der Waals surface area contributed by atoms with E-state index in [1.54, 1.807) is 17.2 Å². The van der Waals surface area contributed by atoms with Crippen molar-refractivity contribution in [3.05, 3.63) is 30.7 Å². The fourth-order valence-corrected chi connectivity index (χ4v) is 2.08.